The van der Waals surface area contributed by atoms with Crippen LogP contribution in [-0.2, 0) is 7.05 Å². The Morgan fingerprint density at radius 2 is 1.93 bits per heavy atom. The van der Waals surface area contributed by atoms with E-state index in [-0.39, 0.29) is 0 Å². The highest BCUT2D eigenvalue weighted by Gasteiger charge is 2.16. The number of aromatic nitrogens is 1. The number of benzene rings is 1. The molecular formula is C10H6Br3NO. The zero-order chi connectivity index (χ0) is 11.2. The van der Waals surface area contributed by atoms with E-state index in [1.54, 1.807) is 0 Å². The molecule has 78 valence electrons. The molecule has 1 heterocycles. The molecule has 0 aliphatic rings. The van der Waals surface area contributed by atoms with Gasteiger partial charge in [-0.25, -0.2) is 0 Å². The van der Waals surface area contributed by atoms with Crippen LogP contribution in [-0.4, -0.2) is 10.9 Å². The normalized spacial score (nSPS) is 10.9. The first-order valence-corrected chi connectivity index (χ1v) is 6.53. The van der Waals surface area contributed by atoms with E-state index in [1.807, 2.05) is 23.7 Å². The van der Waals surface area contributed by atoms with E-state index < -0.39 is 0 Å². The number of hydrogen-bond donors (Lipinski definition) is 0. The number of halogens is 3. The van der Waals surface area contributed by atoms with Gasteiger partial charge in [0.15, 0.2) is 6.29 Å². The van der Waals surface area contributed by atoms with Crippen molar-refractivity contribution in [3.05, 3.63) is 31.2 Å². The molecule has 1 aromatic carbocycles. The van der Waals surface area contributed by atoms with Gasteiger partial charge in [0.05, 0.1) is 15.7 Å². The summed E-state index contributed by atoms with van der Waals surface area (Å²) in [4.78, 5) is 11.0. The number of fused-ring (bicyclic) bond motifs is 1. The first kappa shape index (κ1) is 11.4. The van der Waals surface area contributed by atoms with Gasteiger partial charge in [-0.05, 0) is 59.9 Å². The van der Waals surface area contributed by atoms with Gasteiger partial charge in [-0.15, -0.1) is 0 Å². The van der Waals surface area contributed by atoms with Gasteiger partial charge in [-0.3, -0.25) is 4.79 Å². The molecule has 0 atom stereocenters. The molecule has 2 aromatic rings. The van der Waals surface area contributed by atoms with Crippen molar-refractivity contribution < 1.29 is 4.79 Å². The second-order valence-electron chi connectivity index (χ2n) is 3.14. The van der Waals surface area contributed by atoms with Gasteiger partial charge in [-0.1, -0.05) is 0 Å². The van der Waals surface area contributed by atoms with E-state index in [2.05, 4.69) is 47.8 Å². The summed E-state index contributed by atoms with van der Waals surface area (Å²) in [6.45, 7) is 0. The summed E-state index contributed by atoms with van der Waals surface area (Å²) < 4.78 is 4.59. The quantitative estimate of drug-likeness (QED) is 0.661. The van der Waals surface area contributed by atoms with Crippen LogP contribution in [0.4, 0.5) is 0 Å². The number of hydrogen-bond acceptors (Lipinski definition) is 1. The fraction of sp³-hybridized carbons (Fsp3) is 0.100. The van der Waals surface area contributed by atoms with Gasteiger partial charge in [0.2, 0.25) is 0 Å². The predicted octanol–water partition coefficient (Wildman–Crippen LogP) is 4.28. The molecule has 2 rings (SSSR count). The topological polar surface area (TPSA) is 22.0 Å². The van der Waals surface area contributed by atoms with E-state index in [9.17, 15) is 4.79 Å². The van der Waals surface area contributed by atoms with Crippen LogP contribution in [0.25, 0.3) is 10.9 Å². The largest absolute Gasteiger partial charge is 0.338 e. The number of rotatable bonds is 1. The molecule has 0 amide bonds. The smallest absolute Gasteiger partial charge is 0.153 e. The Morgan fingerprint density at radius 3 is 2.53 bits per heavy atom. The molecule has 0 saturated heterocycles. The van der Waals surface area contributed by atoms with E-state index in [4.69, 9.17) is 0 Å². The molecule has 0 saturated carbocycles. The molecule has 0 radical (unpaired) electrons. The lowest BCUT2D eigenvalue weighted by Gasteiger charge is -2.00. The SMILES string of the molecule is Cn1c(Br)c(C=O)c2c(Br)c(Br)ccc21. The molecule has 5 heteroatoms. The van der Waals surface area contributed by atoms with Crippen LogP contribution in [0.15, 0.2) is 25.7 Å². The van der Waals surface area contributed by atoms with Gasteiger partial charge in [0, 0.05) is 21.4 Å². The van der Waals surface area contributed by atoms with Crippen molar-refractivity contribution in [1.82, 2.24) is 4.57 Å². The second-order valence-corrected chi connectivity index (χ2v) is 5.54. The molecule has 15 heavy (non-hydrogen) atoms. The van der Waals surface area contributed by atoms with E-state index in [1.165, 1.54) is 0 Å². The number of nitrogens with zero attached hydrogens (tertiary/aromatic N) is 1. The highest BCUT2D eigenvalue weighted by atomic mass is 79.9. The van der Waals surface area contributed by atoms with Gasteiger partial charge < -0.3 is 4.57 Å². The molecule has 0 unspecified atom stereocenters. The summed E-state index contributed by atoms with van der Waals surface area (Å²) in [6.07, 6.45) is 0.865. The van der Waals surface area contributed by atoms with Crippen molar-refractivity contribution in [2.24, 2.45) is 7.05 Å². The van der Waals surface area contributed by atoms with Crippen LogP contribution >= 0.6 is 47.8 Å². The lowest BCUT2D eigenvalue weighted by Crippen LogP contribution is -1.86. The first-order valence-electron chi connectivity index (χ1n) is 4.15. The van der Waals surface area contributed by atoms with Crippen molar-refractivity contribution in [2.75, 3.05) is 0 Å². The maximum atomic E-state index is 11.0. The minimum absolute atomic E-state index is 0.667. The summed E-state index contributed by atoms with van der Waals surface area (Å²) in [6, 6.07) is 3.93. The minimum Gasteiger partial charge on any atom is -0.338 e. The average molecular weight is 396 g/mol. The van der Waals surface area contributed by atoms with Gasteiger partial charge in [0.25, 0.3) is 0 Å². The highest BCUT2D eigenvalue weighted by Crippen LogP contribution is 2.37. The Morgan fingerprint density at radius 1 is 1.27 bits per heavy atom. The molecule has 0 spiro atoms. The summed E-state index contributed by atoms with van der Waals surface area (Å²) in [5.74, 6) is 0. The number of aldehydes is 1. The monoisotopic (exact) mass is 393 g/mol. The van der Waals surface area contributed by atoms with E-state index in [0.29, 0.717) is 5.56 Å². The third kappa shape index (κ3) is 1.61. The lowest BCUT2D eigenvalue weighted by atomic mass is 10.2. The van der Waals surface area contributed by atoms with Gasteiger partial charge in [-0.2, -0.15) is 0 Å². The Labute approximate surface area is 112 Å². The molecule has 0 bridgehead atoms. The Bertz CT molecular complexity index is 560. The van der Waals surface area contributed by atoms with Gasteiger partial charge >= 0.3 is 0 Å². The predicted molar refractivity (Wildman–Crippen MR) is 71.4 cm³/mol. The van der Waals surface area contributed by atoms with Crippen molar-refractivity contribution in [1.29, 1.82) is 0 Å². The lowest BCUT2D eigenvalue weighted by molar-refractivity contribution is 0.112. The standard InChI is InChI=1S/C10H6Br3NO/c1-14-7-3-2-6(11)9(12)8(7)5(4-15)10(14)13/h2-4H,1H3. The van der Waals surface area contributed by atoms with E-state index in [0.717, 1.165) is 30.7 Å². The number of carbonyl (C=O) groups is 1. The molecular weight excluding hydrogens is 390 g/mol. The summed E-state index contributed by atoms with van der Waals surface area (Å²) in [5, 5.41) is 0.925. The molecule has 0 fully saturated rings. The third-order valence-corrected chi connectivity index (χ3v) is 5.31. The maximum Gasteiger partial charge on any atom is 0.153 e. The summed E-state index contributed by atoms with van der Waals surface area (Å²) in [5.41, 5.74) is 1.68. The zero-order valence-electron chi connectivity index (χ0n) is 7.72. The fourth-order valence-electron chi connectivity index (χ4n) is 1.57. The Hall–Kier alpha value is -0.130. The van der Waals surface area contributed by atoms with Crippen LogP contribution in [0.5, 0.6) is 0 Å². The second kappa shape index (κ2) is 4.03. The summed E-state index contributed by atoms with van der Waals surface area (Å²) in [7, 11) is 1.92. The first-order chi connectivity index (χ1) is 7.07. The van der Waals surface area contributed by atoms with E-state index >= 15 is 0 Å². The fourth-order valence-corrected chi connectivity index (χ4v) is 2.94. The van der Waals surface area contributed by atoms with Crippen molar-refractivity contribution >= 4 is 65.0 Å². The Kier molecular flexibility index (Phi) is 3.05. The average Bonchev–Trinajstić information content (AvgIpc) is 2.47. The molecule has 1 aromatic heterocycles. The third-order valence-electron chi connectivity index (χ3n) is 2.34. The molecule has 0 N–H and O–H groups in total. The molecule has 0 aliphatic carbocycles. The molecule has 2 nitrogen and oxygen atoms in total. The highest BCUT2D eigenvalue weighted by molar-refractivity contribution is 9.13. The van der Waals surface area contributed by atoms with Crippen LogP contribution in [0.1, 0.15) is 10.4 Å². The van der Waals surface area contributed by atoms with Crippen LogP contribution in [0.3, 0.4) is 0 Å². The summed E-state index contributed by atoms with van der Waals surface area (Å²) >= 11 is 10.3. The van der Waals surface area contributed by atoms with Crippen LogP contribution in [0, 0.1) is 0 Å². The maximum absolute atomic E-state index is 11.0. The van der Waals surface area contributed by atoms with Gasteiger partial charge in [0.1, 0.15) is 0 Å². The number of carbonyl (C=O) groups excluding carboxylic acids is 1. The van der Waals surface area contributed by atoms with Crippen LogP contribution in [0.2, 0.25) is 0 Å². The minimum atomic E-state index is 0.667. The Balaban J connectivity index is 3.05. The zero-order valence-corrected chi connectivity index (χ0v) is 12.5. The van der Waals surface area contributed by atoms with Crippen molar-refractivity contribution in [2.45, 2.75) is 0 Å². The van der Waals surface area contributed by atoms with Crippen molar-refractivity contribution in [3.8, 4) is 0 Å². The van der Waals surface area contributed by atoms with Crippen molar-refractivity contribution in [3.63, 3.8) is 0 Å². The number of aryl methyl sites for hydroxylation is 1. The molecule has 0 aliphatic heterocycles. The van der Waals surface area contributed by atoms with Crippen LogP contribution < -0.4 is 0 Å².